The van der Waals surface area contributed by atoms with E-state index in [2.05, 4.69) is 5.32 Å². The Labute approximate surface area is 157 Å². The van der Waals surface area contributed by atoms with E-state index in [1.165, 1.54) is 12.0 Å². The molecule has 0 spiro atoms. The lowest BCUT2D eigenvalue weighted by molar-refractivity contribution is -0.147. The molecule has 2 atom stereocenters. The summed E-state index contributed by atoms with van der Waals surface area (Å²) in [6, 6.07) is 5.15. The van der Waals surface area contributed by atoms with Gasteiger partial charge in [0.15, 0.2) is 6.10 Å². The minimum absolute atomic E-state index is 0.0199. The van der Waals surface area contributed by atoms with Gasteiger partial charge in [0.05, 0.1) is 26.1 Å². The topological polar surface area (TPSA) is 136 Å². The van der Waals surface area contributed by atoms with Crippen LogP contribution >= 0.6 is 0 Å². The maximum absolute atomic E-state index is 12.6. The summed E-state index contributed by atoms with van der Waals surface area (Å²) in [6.07, 6.45) is -2.10. The van der Waals surface area contributed by atoms with Crippen molar-refractivity contribution in [3.63, 3.8) is 0 Å². The molecule has 2 amide bonds. The second-order valence-corrected chi connectivity index (χ2v) is 6.53. The van der Waals surface area contributed by atoms with Crippen LogP contribution in [0.4, 0.5) is 4.79 Å². The second kappa shape index (κ2) is 10.4. The zero-order valence-electron chi connectivity index (χ0n) is 15.6. The first-order valence-electron chi connectivity index (χ1n) is 8.46. The lowest BCUT2D eigenvalue weighted by Crippen LogP contribution is -2.48. The fourth-order valence-electron chi connectivity index (χ4n) is 2.49. The predicted molar refractivity (Wildman–Crippen MR) is 96.6 cm³/mol. The van der Waals surface area contributed by atoms with Crippen LogP contribution in [0.3, 0.4) is 0 Å². The van der Waals surface area contributed by atoms with Gasteiger partial charge in [0, 0.05) is 6.54 Å². The van der Waals surface area contributed by atoms with Gasteiger partial charge in [-0.1, -0.05) is 26.0 Å². The molecule has 0 heterocycles. The third kappa shape index (κ3) is 7.53. The van der Waals surface area contributed by atoms with Crippen LogP contribution in [0.25, 0.3) is 0 Å². The van der Waals surface area contributed by atoms with E-state index in [0.29, 0.717) is 11.3 Å². The van der Waals surface area contributed by atoms with Gasteiger partial charge in [-0.25, -0.2) is 9.59 Å². The number of nitrogens with one attached hydrogen (secondary N) is 1. The van der Waals surface area contributed by atoms with E-state index in [1.807, 2.05) is 13.8 Å². The minimum Gasteiger partial charge on any atom is -0.497 e. The van der Waals surface area contributed by atoms with Crippen molar-refractivity contribution in [2.45, 2.75) is 32.4 Å². The van der Waals surface area contributed by atoms with E-state index >= 15 is 0 Å². The van der Waals surface area contributed by atoms with Crippen LogP contribution in [0.5, 0.6) is 5.75 Å². The predicted octanol–water partition coefficient (Wildman–Crippen LogP) is 1.32. The van der Waals surface area contributed by atoms with E-state index in [9.17, 15) is 24.6 Å². The Balaban J connectivity index is 3.02. The smallest absolute Gasteiger partial charge is 0.334 e. The number of rotatable bonds is 10. The number of amides is 2. The third-order valence-corrected chi connectivity index (χ3v) is 3.72. The molecule has 0 aliphatic carbocycles. The molecule has 0 radical (unpaired) electrons. The molecular weight excluding hydrogens is 356 g/mol. The molecule has 2 unspecified atom stereocenters. The van der Waals surface area contributed by atoms with Crippen LogP contribution in [-0.4, -0.2) is 64.5 Å². The first kappa shape index (κ1) is 22.2. The van der Waals surface area contributed by atoms with Crippen molar-refractivity contribution in [3.8, 4) is 5.75 Å². The quantitative estimate of drug-likeness (QED) is 0.479. The number of hydrogen-bond donors (Lipinski definition) is 4. The highest BCUT2D eigenvalue weighted by molar-refractivity contribution is 5.78. The monoisotopic (exact) mass is 382 g/mol. The Morgan fingerprint density at radius 1 is 1.19 bits per heavy atom. The first-order valence-corrected chi connectivity index (χ1v) is 8.46. The van der Waals surface area contributed by atoms with Crippen LogP contribution in [0, 0.1) is 5.92 Å². The summed E-state index contributed by atoms with van der Waals surface area (Å²) in [5, 5.41) is 30.3. The Morgan fingerprint density at radius 2 is 1.85 bits per heavy atom. The summed E-state index contributed by atoms with van der Waals surface area (Å²) in [5.74, 6) is -2.01. The molecular formula is C18H26N2O7. The highest BCUT2D eigenvalue weighted by Crippen LogP contribution is 2.22. The number of carboxylic acid groups (broad SMARTS) is 2. The Bertz CT molecular complexity index is 663. The number of methoxy groups -OCH3 is 1. The summed E-state index contributed by atoms with van der Waals surface area (Å²) in [7, 11) is 1.47. The van der Waals surface area contributed by atoms with E-state index in [1.54, 1.807) is 24.3 Å². The van der Waals surface area contributed by atoms with Crippen LogP contribution in [0.2, 0.25) is 0 Å². The summed E-state index contributed by atoms with van der Waals surface area (Å²) in [6.45, 7) is 3.47. The van der Waals surface area contributed by atoms with E-state index < -0.39 is 36.7 Å². The number of nitrogens with zero attached hydrogens (tertiary/aromatic N) is 1. The van der Waals surface area contributed by atoms with Gasteiger partial charge in [0.2, 0.25) is 0 Å². The third-order valence-electron chi connectivity index (χ3n) is 3.72. The largest absolute Gasteiger partial charge is 0.497 e. The molecule has 4 N–H and O–H groups in total. The fraction of sp³-hybridized carbons (Fsp3) is 0.500. The van der Waals surface area contributed by atoms with Crippen LogP contribution < -0.4 is 10.1 Å². The lowest BCUT2D eigenvalue weighted by atomic mass is 10.0. The number of urea groups is 1. The highest BCUT2D eigenvalue weighted by Gasteiger charge is 2.26. The molecule has 27 heavy (non-hydrogen) atoms. The first-order chi connectivity index (χ1) is 12.6. The summed E-state index contributed by atoms with van der Waals surface area (Å²) in [5.41, 5.74) is 0.536. The maximum atomic E-state index is 12.6. The molecule has 0 aliphatic heterocycles. The normalized spacial score (nSPS) is 12.9. The molecule has 0 fully saturated rings. The van der Waals surface area contributed by atoms with E-state index in [0.717, 1.165) is 0 Å². The SMILES string of the molecule is COc1cccc(C(CC(=O)O)NC(=O)N(CC(C)C)CC(O)C(=O)O)c1. The lowest BCUT2D eigenvalue weighted by Gasteiger charge is -2.28. The van der Waals surface area contributed by atoms with Crippen molar-refractivity contribution >= 4 is 18.0 Å². The van der Waals surface area contributed by atoms with Crippen LogP contribution in [0.15, 0.2) is 24.3 Å². The molecule has 0 saturated heterocycles. The highest BCUT2D eigenvalue weighted by atomic mass is 16.5. The number of hydrogen-bond acceptors (Lipinski definition) is 5. The number of carbonyl (C=O) groups excluding carboxylic acids is 1. The molecule has 1 rings (SSSR count). The second-order valence-electron chi connectivity index (χ2n) is 6.53. The number of carboxylic acids is 2. The van der Waals surface area contributed by atoms with Crippen molar-refractivity contribution in [2.75, 3.05) is 20.2 Å². The molecule has 1 aromatic carbocycles. The Kier molecular flexibility index (Phi) is 8.53. The van der Waals surface area contributed by atoms with Crippen LogP contribution in [0.1, 0.15) is 31.9 Å². The van der Waals surface area contributed by atoms with Gasteiger partial charge in [0.1, 0.15) is 5.75 Å². The van der Waals surface area contributed by atoms with Gasteiger partial charge in [0.25, 0.3) is 0 Å². The number of aliphatic hydroxyl groups is 1. The number of carbonyl (C=O) groups is 3. The van der Waals surface area contributed by atoms with Crippen molar-refractivity contribution in [3.05, 3.63) is 29.8 Å². The average molecular weight is 382 g/mol. The zero-order valence-corrected chi connectivity index (χ0v) is 15.6. The fourth-order valence-corrected chi connectivity index (χ4v) is 2.49. The molecule has 9 heteroatoms. The molecule has 0 aliphatic rings. The number of aliphatic carboxylic acids is 2. The summed E-state index contributed by atoms with van der Waals surface area (Å²) in [4.78, 5) is 35.9. The van der Waals surface area contributed by atoms with Gasteiger partial charge < -0.3 is 30.3 Å². The molecule has 0 bridgehead atoms. The molecule has 0 aromatic heterocycles. The zero-order chi connectivity index (χ0) is 20.6. The van der Waals surface area contributed by atoms with Gasteiger partial charge >= 0.3 is 18.0 Å². The van der Waals surface area contributed by atoms with E-state index in [4.69, 9.17) is 9.84 Å². The Hall–Kier alpha value is -2.81. The average Bonchev–Trinajstić information content (AvgIpc) is 2.59. The number of benzene rings is 1. The van der Waals surface area contributed by atoms with Gasteiger partial charge in [-0.2, -0.15) is 0 Å². The minimum atomic E-state index is -1.73. The van der Waals surface area contributed by atoms with Crippen molar-refractivity contribution in [2.24, 2.45) is 5.92 Å². The number of ether oxygens (including phenoxy) is 1. The molecule has 1 aromatic rings. The van der Waals surface area contributed by atoms with Gasteiger partial charge in [-0.05, 0) is 23.6 Å². The molecule has 9 nitrogen and oxygen atoms in total. The van der Waals surface area contributed by atoms with E-state index in [-0.39, 0.29) is 18.9 Å². The summed E-state index contributed by atoms with van der Waals surface area (Å²) < 4.78 is 5.13. The standard InChI is InChI=1S/C18H26N2O7/c1-11(2)9-20(10-15(21)17(24)25)18(26)19-14(8-16(22)23)12-5-4-6-13(7-12)27-3/h4-7,11,14-15,21H,8-10H2,1-3H3,(H,19,26)(H,22,23)(H,24,25). The van der Waals surface area contributed by atoms with Crippen molar-refractivity contribution in [1.29, 1.82) is 0 Å². The van der Waals surface area contributed by atoms with Gasteiger partial charge in [-0.3, -0.25) is 4.79 Å². The Morgan fingerprint density at radius 3 is 2.37 bits per heavy atom. The molecule has 150 valence electrons. The van der Waals surface area contributed by atoms with Gasteiger partial charge in [-0.15, -0.1) is 0 Å². The molecule has 0 saturated carbocycles. The van der Waals surface area contributed by atoms with Crippen LogP contribution in [-0.2, 0) is 9.59 Å². The summed E-state index contributed by atoms with van der Waals surface area (Å²) >= 11 is 0. The van der Waals surface area contributed by atoms with Crippen molar-refractivity contribution < 1.29 is 34.4 Å². The van der Waals surface area contributed by atoms with Crippen molar-refractivity contribution in [1.82, 2.24) is 10.2 Å². The number of aliphatic hydroxyl groups excluding tert-OH is 1. The maximum Gasteiger partial charge on any atom is 0.334 e.